The first-order chi connectivity index (χ1) is 12.8. The van der Waals surface area contributed by atoms with Crippen LogP contribution in [0.2, 0.25) is 0 Å². The second-order valence-corrected chi connectivity index (χ2v) is 5.25. The average molecular weight is 364 g/mol. The highest BCUT2D eigenvalue weighted by Gasteiger charge is 2.04. The highest BCUT2D eigenvalue weighted by molar-refractivity contribution is 5.94. The lowest BCUT2D eigenvalue weighted by Gasteiger charge is -2.08. The first-order valence-corrected chi connectivity index (χ1v) is 8.59. The van der Waals surface area contributed by atoms with Crippen LogP contribution in [-0.2, 0) is 25.5 Å². The number of hydrogen-bond donors (Lipinski definition) is 2. The van der Waals surface area contributed by atoms with E-state index >= 15 is 0 Å². The van der Waals surface area contributed by atoms with Gasteiger partial charge in [0.25, 0.3) is 5.91 Å². The number of nitrogens with one attached hydrogen (secondary N) is 1. The normalized spacial score (nSPS) is 10.5. The molecule has 0 saturated heterocycles. The van der Waals surface area contributed by atoms with E-state index in [-0.39, 0.29) is 5.91 Å². The van der Waals surface area contributed by atoms with Crippen LogP contribution in [0.4, 0.5) is 0 Å². The molecule has 144 valence electrons. The van der Waals surface area contributed by atoms with Gasteiger partial charge in [-0.2, -0.15) is 0 Å². The topological polar surface area (TPSA) is 92.0 Å². The highest BCUT2D eigenvalue weighted by Crippen LogP contribution is 2.03. The summed E-state index contributed by atoms with van der Waals surface area (Å²) >= 11 is 0. The molecule has 1 amide bonds. The lowest BCUT2D eigenvalue weighted by molar-refractivity contribution is 0.00176. The molecule has 0 unspecified atom stereocenters. The molecule has 0 fully saturated rings. The molecular formula is C19H28N2O5. The Labute approximate surface area is 155 Å². The van der Waals surface area contributed by atoms with Crippen molar-refractivity contribution in [1.82, 2.24) is 5.32 Å². The number of benzene rings is 1. The second kappa shape index (κ2) is 15.3. The molecule has 0 aliphatic heterocycles. The number of amides is 1. The van der Waals surface area contributed by atoms with Crippen LogP contribution in [0.25, 0.3) is 0 Å². The number of carbonyl (C=O) groups excluding carboxylic acids is 1. The van der Waals surface area contributed by atoms with Crippen LogP contribution in [0.5, 0.6) is 0 Å². The van der Waals surface area contributed by atoms with Gasteiger partial charge in [-0.1, -0.05) is 18.1 Å². The molecule has 7 nitrogen and oxygen atoms in total. The molecule has 7 heteroatoms. The summed E-state index contributed by atoms with van der Waals surface area (Å²) in [5.41, 5.74) is 7.12. The summed E-state index contributed by atoms with van der Waals surface area (Å²) in [6, 6.07) is 7.21. The summed E-state index contributed by atoms with van der Waals surface area (Å²) in [5.74, 6) is 2.25. The monoisotopic (exact) mass is 364 g/mol. The van der Waals surface area contributed by atoms with Crippen molar-refractivity contribution < 1.29 is 23.7 Å². The molecular weight excluding hydrogens is 336 g/mol. The van der Waals surface area contributed by atoms with Crippen LogP contribution in [0, 0.1) is 12.3 Å². The highest BCUT2D eigenvalue weighted by atomic mass is 16.6. The standard InChI is InChI=1S/C19H28N2O5/c1-2-8-23-10-12-25-14-15-26-13-11-24-9-7-21-19(22)18-5-3-17(16-20)4-6-18/h1,3-6H,7-16,20H2,(H,21,22). The summed E-state index contributed by atoms with van der Waals surface area (Å²) in [6.07, 6.45) is 5.05. The van der Waals surface area contributed by atoms with Gasteiger partial charge < -0.3 is 30.0 Å². The third-order valence-corrected chi connectivity index (χ3v) is 3.29. The van der Waals surface area contributed by atoms with Crippen molar-refractivity contribution in [2.45, 2.75) is 6.54 Å². The minimum absolute atomic E-state index is 0.128. The Bertz CT molecular complexity index is 528. The maximum absolute atomic E-state index is 11.9. The van der Waals surface area contributed by atoms with Crippen LogP contribution in [0.3, 0.4) is 0 Å². The van der Waals surface area contributed by atoms with E-state index in [1.807, 2.05) is 12.1 Å². The fourth-order valence-corrected chi connectivity index (χ4v) is 1.92. The van der Waals surface area contributed by atoms with E-state index in [0.29, 0.717) is 71.5 Å². The van der Waals surface area contributed by atoms with Gasteiger partial charge >= 0.3 is 0 Å². The van der Waals surface area contributed by atoms with Gasteiger partial charge in [-0.15, -0.1) is 6.42 Å². The largest absolute Gasteiger partial charge is 0.377 e. The number of rotatable bonds is 15. The van der Waals surface area contributed by atoms with Gasteiger partial charge in [-0.25, -0.2) is 0 Å². The summed E-state index contributed by atoms with van der Waals surface area (Å²) in [4.78, 5) is 11.9. The van der Waals surface area contributed by atoms with E-state index in [1.165, 1.54) is 0 Å². The van der Waals surface area contributed by atoms with E-state index in [1.54, 1.807) is 12.1 Å². The zero-order valence-electron chi connectivity index (χ0n) is 15.1. The molecule has 1 aromatic rings. The molecule has 1 rings (SSSR count). The van der Waals surface area contributed by atoms with Crippen molar-refractivity contribution in [3.63, 3.8) is 0 Å². The Morgan fingerprint density at radius 3 is 2.00 bits per heavy atom. The SMILES string of the molecule is C#CCOCCOCCOCCOCCNC(=O)c1ccc(CN)cc1. The molecule has 0 radical (unpaired) electrons. The van der Waals surface area contributed by atoms with Crippen LogP contribution in [0.15, 0.2) is 24.3 Å². The lowest BCUT2D eigenvalue weighted by atomic mass is 10.1. The van der Waals surface area contributed by atoms with Gasteiger partial charge in [-0.3, -0.25) is 4.79 Å². The Kier molecular flexibility index (Phi) is 13.0. The van der Waals surface area contributed by atoms with Crippen molar-refractivity contribution in [3.05, 3.63) is 35.4 Å². The van der Waals surface area contributed by atoms with E-state index in [2.05, 4.69) is 11.2 Å². The molecule has 0 spiro atoms. The van der Waals surface area contributed by atoms with Gasteiger partial charge in [0.2, 0.25) is 0 Å². The minimum atomic E-state index is -0.128. The number of hydrogen-bond acceptors (Lipinski definition) is 6. The second-order valence-electron chi connectivity index (χ2n) is 5.25. The fraction of sp³-hybridized carbons (Fsp3) is 0.526. The van der Waals surface area contributed by atoms with Crippen molar-refractivity contribution in [1.29, 1.82) is 0 Å². The maximum atomic E-state index is 11.9. The van der Waals surface area contributed by atoms with Crippen LogP contribution >= 0.6 is 0 Å². The maximum Gasteiger partial charge on any atom is 0.251 e. The Hall–Kier alpha value is -1.95. The van der Waals surface area contributed by atoms with Crippen molar-refractivity contribution >= 4 is 5.91 Å². The molecule has 1 aromatic carbocycles. The summed E-state index contributed by atoms with van der Waals surface area (Å²) in [6.45, 7) is 4.55. The van der Waals surface area contributed by atoms with Gasteiger partial charge in [0.1, 0.15) is 6.61 Å². The Balaban J connectivity index is 1.88. The van der Waals surface area contributed by atoms with Crippen molar-refractivity contribution in [2.24, 2.45) is 5.73 Å². The molecule has 0 aliphatic carbocycles. The first kappa shape index (κ1) is 22.1. The number of terminal acetylenes is 1. The number of ether oxygens (including phenoxy) is 4. The summed E-state index contributed by atoms with van der Waals surface area (Å²) in [5, 5.41) is 2.80. The third kappa shape index (κ3) is 10.8. The molecule has 0 aromatic heterocycles. The van der Waals surface area contributed by atoms with Gasteiger partial charge in [0.15, 0.2) is 0 Å². The van der Waals surface area contributed by atoms with Crippen LogP contribution in [-0.4, -0.2) is 65.3 Å². The predicted octanol–water partition coefficient (Wildman–Crippen LogP) is 0.575. The zero-order chi connectivity index (χ0) is 18.9. The van der Waals surface area contributed by atoms with Gasteiger partial charge in [-0.05, 0) is 17.7 Å². The predicted molar refractivity (Wildman–Crippen MR) is 98.8 cm³/mol. The van der Waals surface area contributed by atoms with Crippen molar-refractivity contribution in [2.75, 3.05) is 59.4 Å². The number of carbonyl (C=O) groups is 1. The van der Waals surface area contributed by atoms with Crippen molar-refractivity contribution in [3.8, 4) is 12.3 Å². The lowest BCUT2D eigenvalue weighted by Crippen LogP contribution is -2.27. The van der Waals surface area contributed by atoms with Gasteiger partial charge in [0.05, 0.1) is 46.2 Å². The van der Waals surface area contributed by atoms with E-state index in [9.17, 15) is 4.79 Å². The fourth-order valence-electron chi connectivity index (χ4n) is 1.92. The van der Waals surface area contributed by atoms with Crippen LogP contribution < -0.4 is 11.1 Å². The summed E-state index contributed by atoms with van der Waals surface area (Å²) < 4.78 is 21.1. The Morgan fingerprint density at radius 1 is 0.923 bits per heavy atom. The molecule has 0 heterocycles. The molecule has 26 heavy (non-hydrogen) atoms. The minimum Gasteiger partial charge on any atom is -0.377 e. The average Bonchev–Trinajstić information content (AvgIpc) is 2.68. The molecule has 0 bridgehead atoms. The summed E-state index contributed by atoms with van der Waals surface area (Å²) in [7, 11) is 0. The molecule has 3 N–H and O–H groups in total. The number of nitrogens with two attached hydrogens (primary N) is 1. The van der Waals surface area contributed by atoms with E-state index in [4.69, 9.17) is 31.1 Å². The van der Waals surface area contributed by atoms with E-state index in [0.717, 1.165) is 5.56 Å². The third-order valence-electron chi connectivity index (χ3n) is 3.29. The molecule has 0 aliphatic rings. The zero-order valence-corrected chi connectivity index (χ0v) is 15.1. The van der Waals surface area contributed by atoms with Crippen LogP contribution in [0.1, 0.15) is 15.9 Å². The smallest absolute Gasteiger partial charge is 0.251 e. The molecule has 0 saturated carbocycles. The first-order valence-electron chi connectivity index (χ1n) is 8.59. The van der Waals surface area contributed by atoms with Gasteiger partial charge in [0, 0.05) is 18.7 Å². The quantitative estimate of drug-likeness (QED) is 0.349. The van der Waals surface area contributed by atoms with E-state index < -0.39 is 0 Å². The molecule has 0 atom stereocenters. The Morgan fingerprint density at radius 2 is 1.46 bits per heavy atom.